The topological polar surface area (TPSA) is 29.5 Å². The largest absolute Gasteiger partial charge is 0.464 e. The van der Waals surface area contributed by atoms with Gasteiger partial charge in [-0.2, -0.15) is 0 Å². The molecule has 0 aromatic carbocycles. The highest BCUT2D eigenvalue weighted by Gasteiger charge is 2.31. The van der Waals surface area contributed by atoms with Gasteiger partial charge in [-0.25, -0.2) is 0 Å². The minimum Gasteiger partial charge on any atom is -0.464 e. The zero-order valence-corrected chi connectivity index (χ0v) is 14.0. The lowest BCUT2D eigenvalue weighted by atomic mass is 10.1. The lowest BCUT2D eigenvalue weighted by Crippen LogP contribution is -2.27. The van der Waals surface area contributed by atoms with Gasteiger partial charge in [-0.3, -0.25) is 0 Å². The SMILES string of the molecule is C=C1C=CC([C@H](C)N(C)C)=C1P(c1ccco1)c1ccco1. The summed E-state index contributed by atoms with van der Waals surface area (Å²) >= 11 is 0. The van der Waals surface area contributed by atoms with Crippen LogP contribution in [0.2, 0.25) is 0 Å². The molecule has 4 heteroatoms. The van der Waals surface area contributed by atoms with Crippen LogP contribution in [-0.4, -0.2) is 25.0 Å². The lowest BCUT2D eigenvalue weighted by molar-refractivity contribution is 0.355. The normalized spacial score (nSPS) is 16.3. The zero-order chi connectivity index (χ0) is 15.7. The van der Waals surface area contributed by atoms with E-state index in [0.29, 0.717) is 6.04 Å². The maximum Gasteiger partial charge on any atom is 0.137 e. The predicted octanol–water partition coefficient (Wildman–Crippen LogP) is 3.64. The molecular weight excluding hydrogens is 293 g/mol. The second-order valence-corrected chi connectivity index (χ2v) is 7.54. The standard InChI is InChI=1S/C18H20NO2P/c1-13-9-10-15(14(2)19(3)4)18(13)22(16-7-5-11-20-16)17-8-6-12-21-17/h5-12,14H,1H2,2-4H3/t14-/m0/s1. The molecule has 0 unspecified atom stereocenters. The molecule has 3 rings (SSSR count). The Bertz CT molecular complexity index is 674. The third-order valence-corrected chi connectivity index (χ3v) is 6.33. The van der Waals surface area contributed by atoms with Gasteiger partial charge in [0.15, 0.2) is 0 Å². The first-order valence-corrected chi connectivity index (χ1v) is 8.59. The van der Waals surface area contributed by atoms with Crippen LogP contribution in [0.1, 0.15) is 6.92 Å². The molecule has 22 heavy (non-hydrogen) atoms. The average Bonchev–Trinajstić information content (AvgIpc) is 3.23. The van der Waals surface area contributed by atoms with Gasteiger partial charge in [0.25, 0.3) is 0 Å². The van der Waals surface area contributed by atoms with E-state index in [9.17, 15) is 0 Å². The van der Waals surface area contributed by atoms with Crippen LogP contribution in [0.5, 0.6) is 0 Å². The first kappa shape index (κ1) is 15.1. The van der Waals surface area contributed by atoms with Crippen LogP contribution in [0.15, 0.2) is 80.8 Å². The minimum absolute atomic E-state index is 0.306. The molecule has 0 N–H and O–H groups in total. The number of furan rings is 2. The number of hydrogen-bond acceptors (Lipinski definition) is 3. The summed E-state index contributed by atoms with van der Waals surface area (Å²) in [6.07, 6.45) is 7.69. The molecule has 1 aliphatic rings. The third-order valence-electron chi connectivity index (χ3n) is 3.94. The maximum absolute atomic E-state index is 5.72. The maximum atomic E-state index is 5.72. The second-order valence-electron chi connectivity index (χ2n) is 5.54. The molecule has 0 bridgehead atoms. The van der Waals surface area contributed by atoms with Crippen molar-refractivity contribution in [3.8, 4) is 0 Å². The molecule has 0 radical (unpaired) electrons. The molecular formula is C18H20NO2P. The van der Waals surface area contributed by atoms with Crippen molar-refractivity contribution in [3.63, 3.8) is 0 Å². The Balaban J connectivity index is 2.14. The number of allylic oxidation sites excluding steroid dienone is 3. The van der Waals surface area contributed by atoms with Gasteiger partial charge < -0.3 is 13.7 Å². The van der Waals surface area contributed by atoms with Crippen LogP contribution < -0.4 is 11.0 Å². The van der Waals surface area contributed by atoms with Crippen molar-refractivity contribution in [1.29, 1.82) is 0 Å². The number of hydrogen-bond donors (Lipinski definition) is 0. The Labute approximate surface area is 132 Å². The zero-order valence-electron chi connectivity index (χ0n) is 13.1. The van der Waals surface area contributed by atoms with Gasteiger partial charge in [0.1, 0.15) is 11.0 Å². The third kappa shape index (κ3) is 2.63. The number of likely N-dealkylation sites (N-methyl/N-ethyl adjacent to an activating group) is 1. The molecule has 114 valence electrons. The summed E-state index contributed by atoms with van der Waals surface area (Å²) in [5, 5.41) is 1.24. The summed E-state index contributed by atoms with van der Waals surface area (Å²) in [6, 6.07) is 8.19. The molecule has 3 nitrogen and oxygen atoms in total. The van der Waals surface area contributed by atoms with Crippen molar-refractivity contribution in [3.05, 3.63) is 72.0 Å². The molecule has 2 heterocycles. The van der Waals surface area contributed by atoms with E-state index in [-0.39, 0.29) is 0 Å². The fourth-order valence-corrected chi connectivity index (χ4v) is 4.89. The molecule has 0 spiro atoms. The van der Waals surface area contributed by atoms with Crippen LogP contribution in [0.3, 0.4) is 0 Å². The monoisotopic (exact) mass is 313 g/mol. The highest BCUT2D eigenvalue weighted by Crippen LogP contribution is 2.51. The van der Waals surface area contributed by atoms with Gasteiger partial charge in [0, 0.05) is 11.4 Å². The highest BCUT2D eigenvalue weighted by molar-refractivity contribution is 7.76. The smallest absolute Gasteiger partial charge is 0.137 e. The molecule has 0 aliphatic heterocycles. The minimum atomic E-state index is -0.856. The van der Waals surface area contributed by atoms with Gasteiger partial charge in [-0.1, -0.05) is 18.7 Å². The Hall–Kier alpha value is -1.83. The summed E-state index contributed by atoms with van der Waals surface area (Å²) in [6.45, 7) is 6.44. The Morgan fingerprint density at radius 3 is 2.09 bits per heavy atom. The van der Waals surface area contributed by atoms with E-state index >= 15 is 0 Å². The van der Waals surface area contributed by atoms with Gasteiger partial charge >= 0.3 is 0 Å². The van der Waals surface area contributed by atoms with Crippen molar-refractivity contribution >= 4 is 18.9 Å². The van der Waals surface area contributed by atoms with E-state index in [1.54, 1.807) is 12.5 Å². The first-order chi connectivity index (χ1) is 10.6. The van der Waals surface area contributed by atoms with Crippen LogP contribution in [-0.2, 0) is 0 Å². The quantitative estimate of drug-likeness (QED) is 0.789. The molecule has 2 aromatic rings. The van der Waals surface area contributed by atoms with E-state index in [4.69, 9.17) is 8.83 Å². The molecule has 1 atom stereocenters. The Morgan fingerprint density at radius 1 is 1.05 bits per heavy atom. The molecule has 1 aliphatic carbocycles. The molecule has 0 amide bonds. The van der Waals surface area contributed by atoms with Crippen LogP contribution in [0.4, 0.5) is 0 Å². The van der Waals surface area contributed by atoms with Crippen LogP contribution in [0.25, 0.3) is 0 Å². The number of rotatable bonds is 5. The Morgan fingerprint density at radius 2 is 1.64 bits per heavy atom. The summed E-state index contributed by atoms with van der Waals surface area (Å²) in [4.78, 5) is 2.20. The van der Waals surface area contributed by atoms with E-state index in [1.807, 2.05) is 24.3 Å². The van der Waals surface area contributed by atoms with Gasteiger partial charge in [-0.15, -0.1) is 0 Å². The first-order valence-electron chi connectivity index (χ1n) is 7.24. The lowest BCUT2D eigenvalue weighted by Gasteiger charge is -2.25. The van der Waals surface area contributed by atoms with Crippen molar-refractivity contribution in [2.75, 3.05) is 14.1 Å². The summed E-state index contributed by atoms with van der Waals surface area (Å²) in [7, 11) is 3.32. The van der Waals surface area contributed by atoms with Crippen molar-refractivity contribution in [2.24, 2.45) is 0 Å². The summed E-state index contributed by atoms with van der Waals surface area (Å²) in [5.41, 5.74) is 4.21. The molecule has 0 fully saturated rings. The second kappa shape index (κ2) is 6.12. The van der Waals surface area contributed by atoms with E-state index in [1.165, 1.54) is 10.9 Å². The fourth-order valence-electron chi connectivity index (χ4n) is 2.54. The molecule has 2 aromatic heterocycles. The van der Waals surface area contributed by atoms with Gasteiger partial charge in [0.2, 0.25) is 0 Å². The molecule has 0 saturated carbocycles. The average molecular weight is 313 g/mol. The van der Waals surface area contributed by atoms with Gasteiger partial charge in [0.05, 0.1) is 20.4 Å². The highest BCUT2D eigenvalue weighted by atomic mass is 31.1. The molecule has 0 saturated heterocycles. The van der Waals surface area contributed by atoms with Crippen molar-refractivity contribution in [2.45, 2.75) is 13.0 Å². The van der Waals surface area contributed by atoms with Crippen molar-refractivity contribution < 1.29 is 8.83 Å². The summed E-state index contributed by atoms with van der Waals surface area (Å²) < 4.78 is 11.4. The van der Waals surface area contributed by atoms with Crippen LogP contribution >= 0.6 is 7.92 Å². The van der Waals surface area contributed by atoms with Crippen LogP contribution in [0, 0.1) is 0 Å². The Kier molecular flexibility index (Phi) is 4.19. The van der Waals surface area contributed by atoms with E-state index in [0.717, 1.165) is 16.6 Å². The summed E-state index contributed by atoms with van der Waals surface area (Å²) in [5.74, 6) is 0. The van der Waals surface area contributed by atoms with Crippen molar-refractivity contribution in [1.82, 2.24) is 4.90 Å². The van der Waals surface area contributed by atoms with Gasteiger partial charge in [-0.05, 0) is 56.4 Å². The van der Waals surface area contributed by atoms with E-state index in [2.05, 4.69) is 44.6 Å². The number of nitrogens with zero attached hydrogens (tertiary/aromatic N) is 1. The van der Waals surface area contributed by atoms with E-state index < -0.39 is 7.92 Å². The fraction of sp³-hybridized carbons (Fsp3) is 0.222. The predicted molar refractivity (Wildman–Crippen MR) is 92.1 cm³/mol.